The second kappa shape index (κ2) is 5.58. The number of sulfonamides is 1. The molecule has 0 atom stereocenters. The number of amides is 1. The van der Waals surface area contributed by atoms with Crippen LogP contribution in [-0.4, -0.2) is 42.3 Å². The third-order valence-corrected chi connectivity index (χ3v) is 6.10. The molecule has 0 aliphatic carbocycles. The molecule has 0 bridgehead atoms. The maximum Gasteiger partial charge on any atom is 0.250 e. The summed E-state index contributed by atoms with van der Waals surface area (Å²) in [6.45, 7) is 0.760. The third-order valence-electron chi connectivity index (χ3n) is 3.30. The average molecular weight is 326 g/mol. The van der Waals surface area contributed by atoms with E-state index in [4.69, 9.17) is 0 Å². The molecule has 1 aliphatic heterocycles. The summed E-state index contributed by atoms with van der Waals surface area (Å²) in [7, 11) is -3.60. The summed E-state index contributed by atoms with van der Waals surface area (Å²) >= 11 is 1.12. The number of nitrogens with one attached hydrogen (secondary N) is 2. The van der Waals surface area contributed by atoms with Crippen LogP contribution in [0.25, 0.3) is 0 Å². The van der Waals surface area contributed by atoms with Crippen LogP contribution < -0.4 is 4.72 Å². The SMILES string of the molecule is O=C(CNS(=O)(=O)c1cccs1)N1CCc2nc[nH]c2C1. The second-order valence-corrected chi connectivity index (χ2v) is 7.59. The highest BCUT2D eigenvalue weighted by atomic mass is 32.2. The van der Waals surface area contributed by atoms with Gasteiger partial charge in [0.05, 0.1) is 30.8 Å². The molecule has 0 fully saturated rings. The molecule has 1 aliphatic rings. The highest BCUT2D eigenvalue weighted by Crippen LogP contribution is 2.16. The topological polar surface area (TPSA) is 95.2 Å². The Labute approximate surface area is 126 Å². The first-order valence-corrected chi connectivity index (χ1v) is 8.74. The van der Waals surface area contributed by atoms with Crippen LogP contribution in [-0.2, 0) is 27.8 Å². The first kappa shape index (κ1) is 14.2. The van der Waals surface area contributed by atoms with Crippen LogP contribution in [0.4, 0.5) is 0 Å². The molecule has 3 rings (SSSR count). The number of H-pyrrole nitrogens is 1. The summed E-state index contributed by atoms with van der Waals surface area (Å²) in [5, 5.41) is 1.68. The van der Waals surface area contributed by atoms with Gasteiger partial charge < -0.3 is 9.88 Å². The van der Waals surface area contributed by atoms with Crippen molar-refractivity contribution in [2.75, 3.05) is 13.1 Å². The van der Waals surface area contributed by atoms with Crippen LogP contribution in [0.5, 0.6) is 0 Å². The fourth-order valence-electron chi connectivity index (χ4n) is 2.18. The lowest BCUT2D eigenvalue weighted by Crippen LogP contribution is -2.42. The quantitative estimate of drug-likeness (QED) is 0.847. The van der Waals surface area contributed by atoms with Gasteiger partial charge in [0.1, 0.15) is 4.21 Å². The summed E-state index contributed by atoms with van der Waals surface area (Å²) in [6, 6.07) is 3.17. The van der Waals surface area contributed by atoms with E-state index >= 15 is 0 Å². The zero-order valence-corrected chi connectivity index (χ0v) is 12.7. The molecular weight excluding hydrogens is 312 g/mol. The van der Waals surface area contributed by atoms with Gasteiger partial charge in [-0.3, -0.25) is 4.79 Å². The van der Waals surface area contributed by atoms with E-state index in [2.05, 4.69) is 14.7 Å². The lowest BCUT2D eigenvalue weighted by atomic mass is 10.1. The number of aromatic amines is 1. The lowest BCUT2D eigenvalue weighted by molar-refractivity contribution is -0.130. The van der Waals surface area contributed by atoms with Crippen LogP contribution in [0.2, 0.25) is 0 Å². The number of hydrogen-bond donors (Lipinski definition) is 2. The van der Waals surface area contributed by atoms with E-state index in [1.807, 2.05) is 0 Å². The first-order valence-electron chi connectivity index (χ1n) is 6.38. The average Bonchev–Trinajstić information content (AvgIpc) is 3.14. The Kier molecular flexibility index (Phi) is 3.79. The molecule has 7 nitrogen and oxygen atoms in total. The number of rotatable bonds is 4. The van der Waals surface area contributed by atoms with Gasteiger partial charge >= 0.3 is 0 Å². The monoisotopic (exact) mass is 326 g/mol. The molecule has 112 valence electrons. The molecule has 0 saturated heterocycles. The van der Waals surface area contributed by atoms with Crippen molar-refractivity contribution in [3.8, 4) is 0 Å². The van der Waals surface area contributed by atoms with Gasteiger partial charge in [-0.05, 0) is 11.4 Å². The molecule has 0 spiro atoms. The Hall–Kier alpha value is -1.71. The van der Waals surface area contributed by atoms with Gasteiger partial charge in [-0.25, -0.2) is 18.1 Å². The van der Waals surface area contributed by atoms with Crippen molar-refractivity contribution in [2.24, 2.45) is 0 Å². The lowest BCUT2D eigenvalue weighted by Gasteiger charge is -2.26. The van der Waals surface area contributed by atoms with Gasteiger partial charge in [-0.15, -0.1) is 11.3 Å². The molecule has 2 aromatic heterocycles. The Morgan fingerprint density at radius 1 is 1.52 bits per heavy atom. The first-order chi connectivity index (χ1) is 10.1. The molecular formula is C12H14N4O3S2. The molecule has 21 heavy (non-hydrogen) atoms. The number of hydrogen-bond acceptors (Lipinski definition) is 5. The number of fused-ring (bicyclic) bond motifs is 1. The Morgan fingerprint density at radius 3 is 3.14 bits per heavy atom. The number of nitrogens with zero attached hydrogens (tertiary/aromatic N) is 2. The zero-order valence-electron chi connectivity index (χ0n) is 11.1. The molecule has 1 amide bonds. The summed E-state index contributed by atoms with van der Waals surface area (Å²) in [5.41, 5.74) is 1.88. The van der Waals surface area contributed by atoms with Crippen LogP contribution >= 0.6 is 11.3 Å². The fourth-order valence-corrected chi connectivity index (χ4v) is 4.19. The van der Waals surface area contributed by atoms with Crippen molar-refractivity contribution in [1.82, 2.24) is 19.6 Å². The number of aromatic nitrogens is 2. The maximum atomic E-state index is 12.1. The molecule has 0 unspecified atom stereocenters. The number of carbonyl (C=O) groups excluding carboxylic acids is 1. The maximum absolute atomic E-state index is 12.1. The van der Waals surface area contributed by atoms with E-state index in [0.29, 0.717) is 19.5 Å². The van der Waals surface area contributed by atoms with Gasteiger partial charge in [0.25, 0.3) is 10.0 Å². The van der Waals surface area contributed by atoms with E-state index in [-0.39, 0.29) is 16.7 Å². The largest absolute Gasteiger partial charge is 0.347 e. The Balaban J connectivity index is 1.61. The molecule has 2 aromatic rings. The number of thiophene rings is 1. The van der Waals surface area contributed by atoms with Gasteiger partial charge in [0.15, 0.2) is 0 Å². The van der Waals surface area contributed by atoms with E-state index in [1.165, 1.54) is 6.07 Å². The summed E-state index contributed by atoms with van der Waals surface area (Å²) < 4.78 is 26.5. The van der Waals surface area contributed by atoms with Crippen LogP contribution in [0, 0.1) is 0 Å². The van der Waals surface area contributed by atoms with Crippen molar-refractivity contribution < 1.29 is 13.2 Å². The number of carbonyl (C=O) groups is 1. The van der Waals surface area contributed by atoms with Crippen molar-refractivity contribution in [1.29, 1.82) is 0 Å². The van der Waals surface area contributed by atoms with E-state index < -0.39 is 10.0 Å². The molecule has 0 radical (unpaired) electrons. The van der Waals surface area contributed by atoms with Gasteiger partial charge in [0, 0.05) is 13.0 Å². The molecule has 2 N–H and O–H groups in total. The second-order valence-electron chi connectivity index (χ2n) is 4.65. The van der Waals surface area contributed by atoms with Crippen LogP contribution in [0.3, 0.4) is 0 Å². The molecule has 3 heterocycles. The molecule has 9 heteroatoms. The zero-order chi connectivity index (χ0) is 14.9. The van der Waals surface area contributed by atoms with E-state index in [1.54, 1.807) is 22.7 Å². The normalized spacial score (nSPS) is 15.0. The Bertz CT molecular complexity index is 736. The Morgan fingerprint density at radius 2 is 2.38 bits per heavy atom. The fraction of sp³-hybridized carbons (Fsp3) is 0.333. The van der Waals surface area contributed by atoms with Crippen LogP contribution in [0.15, 0.2) is 28.0 Å². The third kappa shape index (κ3) is 2.99. The van der Waals surface area contributed by atoms with Crippen molar-refractivity contribution in [3.05, 3.63) is 35.2 Å². The minimum absolute atomic E-state index is 0.213. The van der Waals surface area contributed by atoms with E-state index in [9.17, 15) is 13.2 Å². The van der Waals surface area contributed by atoms with Gasteiger partial charge in [-0.1, -0.05) is 6.07 Å². The predicted octanol–water partition coefficient (Wildman–Crippen LogP) is 0.334. The highest BCUT2D eigenvalue weighted by Gasteiger charge is 2.24. The van der Waals surface area contributed by atoms with Crippen molar-refractivity contribution >= 4 is 27.3 Å². The van der Waals surface area contributed by atoms with Crippen molar-refractivity contribution in [2.45, 2.75) is 17.2 Å². The van der Waals surface area contributed by atoms with Gasteiger partial charge in [0.2, 0.25) is 5.91 Å². The summed E-state index contributed by atoms with van der Waals surface area (Å²) in [4.78, 5) is 20.9. The summed E-state index contributed by atoms with van der Waals surface area (Å²) in [5.74, 6) is -0.240. The smallest absolute Gasteiger partial charge is 0.250 e. The van der Waals surface area contributed by atoms with E-state index in [0.717, 1.165) is 22.7 Å². The molecule has 0 saturated carbocycles. The summed E-state index contributed by atoms with van der Waals surface area (Å²) in [6.07, 6.45) is 2.29. The minimum Gasteiger partial charge on any atom is -0.347 e. The highest BCUT2D eigenvalue weighted by molar-refractivity contribution is 7.91. The predicted molar refractivity (Wildman–Crippen MR) is 77.2 cm³/mol. The van der Waals surface area contributed by atoms with Crippen LogP contribution in [0.1, 0.15) is 11.4 Å². The number of imidazole rings is 1. The minimum atomic E-state index is -3.60. The van der Waals surface area contributed by atoms with Gasteiger partial charge in [-0.2, -0.15) is 0 Å². The van der Waals surface area contributed by atoms with Crippen molar-refractivity contribution in [3.63, 3.8) is 0 Å². The molecule has 0 aromatic carbocycles. The standard InChI is InChI=1S/C12H14N4O3S2/c17-11(6-15-21(18,19)12-2-1-5-20-12)16-4-3-9-10(7-16)14-8-13-9/h1-2,5,8,15H,3-4,6-7H2,(H,13,14).